The monoisotopic (exact) mass is 446 g/mol. The molecule has 0 fully saturated rings. The van der Waals surface area contributed by atoms with Gasteiger partial charge in [-0.2, -0.15) is 0 Å². The predicted octanol–water partition coefficient (Wildman–Crippen LogP) is 2.46. The molecule has 0 saturated heterocycles. The number of nitrogens with one attached hydrogen (secondary N) is 1. The number of anilines is 1. The van der Waals surface area contributed by atoms with Crippen LogP contribution in [-0.2, 0) is 23.1 Å². The Kier molecular flexibility index (Phi) is 7.90. The second kappa shape index (κ2) is 10.8. The van der Waals surface area contributed by atoms with Crippen LogP contribution in [0.1, 0.15) is 6.92 Å². The molecule has 1 amide bonds. The summed E-state index contributed by atoms with van der Waals surface area (Å²) in [6, 6.07) is 7.34. The third kappa shape index (κ3) is 5.56. The lowest BCUT2D eigenvalue weighted by molar-refractivity contribution is -0.113. The number of carbonyl (C=O) groups is 1. The number of benzene rings is 1. The van der Waals surface area contributed by atoms with Crippen LogP contribution in [0.5, 0.6) is 11.6 Å². The van der Waals surface area contributed by atoms with Crippen LogP contribution < -0.4 is 14.8 Å². The van der Waals surface area contributed by atoms with E-state index in [9.17, 15) is 4.79 Å². The molecule has 0 atom stereocenters. The Bertz CT molecular complexity index is 1020. The largest absolute Gasteiger partial charge is 0.492 e. The smallest absolute Gasteiger partial charge is 0.243 e. The van der Waals surface area contributed by atoms with Gasteiger partial charge in [-0.25, -0.2) is 0 Å². The van der Waals surface area contributed by atoms with E-state index in [2.05, 4.69) is 20.6 Å². The van der Waals surface area contributed by atoms with Gasteiger partial charge in [0.05, 0.1) is 38.3 Å². The number of aryl methyl sites for hydroxylation is 1. The van der Waals surface area contributed by atoms with Gasteiger partial charge in [-0.1, -0.05) is 23.9 Å². The summed E-state index contributed by atoms with van der Waals surface area (Å²) in [7, 11) is 4.99. The molecule has 2 heterocycles. The molecule has 31 heavy (non-hydrogen) atoms. The number of hydrogen-bond donors (Lipinski definition) is 1. The number of aromatic nitrogens is 5. The maximum Gasteiger partial charge on any atom is 0.243 e. The molecule has 0 spiro atoms. The van der Waals surface area contributed by atoms with Gasteiger partial charge >= 0.3 is 0 Å². The molecule has 1 N–H and O–H groups in total. The molecular formula is C20H26N6O4S. The zero-order valence-corrected chi connectivity index (χ0v) is 18.8. The predicted molar refractivity (Wildman–Crippen MR) is 118 cm³/mol. The number of carbonyl (C=O) groups excluding carboxylic acids is 1. The molecule has 0 aliphatic rings. The molecule has 1 aromatic carbocycles. The fraction of sp³-hybridized carbons (Fsp3) is 0.400. The minimum atomic E-state index is -0.168. The van der Waals surface area contributed by atoms with Crippen LogP contribution >= 0.6 is 11.8 Å². The summed E-state index contributed by atoms with van der Waals surface area (Å²) in [5.41, 5.74) is 1.35. The van der Waals surface area contributed by atoms with Gasteiger partial charge in [0.1, 0.15) is 11.3 Å². The van der Waals surface area contributed by atoms with Crippen LogP contribution in [0.2, 0.25) is 0 Å². The van der Waals surface area contributed by atoms with E-state index in [4.69, 9.17) is 14.2 Å². The average molecular weight is 447 g/mol. The van der Waals surface area contributed by atoms with Gasteiger partial charge in [0.25, 0.3) is 0 Å². The lowest BCUT2D eigenvalue weighted by Gasteiger charge is -2.11. The van der Waals surface area contributed by atoms with Crippen molar-refractivity contribution in [2.24, 2.45) is 7.05 Å². The maximum atomic E-state index is 12.5. The van der Waals surface area contributed by atoms with Crippen molar-refractivity contribution >= 4 is 23.4 Å². The molecule has 0 unspecified atom stereocenters. The number of amides is 1. The van der Waals surface area contributed by atoms with Crippen molar-refractivity contribution in [3.63, 3.8) is 0 Å². The van der Waals surface area contributed by atoms with Crippen molar-refractivity contribution in [1.82, 2.24) is 24.5 Å². The van der Waals surface area contributed by atoms with E-state index in [1.165, 1.54) is 11.8 Å². The zero-order valence-electron chi connectivity index (χ0n) is 18.0. The molecule has 0 saturated carbocycles. The second-order valence-corrected chi connectivity index (χ2v) is 7.38. The highest BCUT2D eigenvalue weighted by Crippen LogP contribution is 2.30. The number of ether oxygens (including phenoxy) is 3. The minimum Gasteiger partial charge on any atom is -0.492 e. The highest BCUT2D eigenvalue weighted by molar-refractivity contribution is 7.99. The van der Waals surface area contributed by atoms with Gasteiger partial charge in [-0.15, -0.1) is 15.3 Å². The van der Waals surface area contributed by atoms with Crippen molar-refractivity contribution < 1.29 is 19.0 Å². The molecule has 3 aromatic rings. The van der Waals surface area contributed by atoms with Crippen LogP contribution in [0, 0.1) is 0 Å². The van der Waals surface area contributed by atoms with Crippen LogP contribution in [0.15, 0.2) is 35.6 Å². The Morgan fingerprint density at radius 1 is 1.23 bits per heavy atom. The van der Waals surface area contributed by atoms with E-state index in [1.54, 1.807) is 25.0 Å². The molecule has 0 aliphatic heterocycles. The van der Waals surface area contributed by atoms with Gasteiger partial charge in [-0.3, -0.25) is 14.0 Å². The summed E-state index contributed by atoms with van der Waals surface area (Å²) in [5.74, 6) is 1.69. The Hall–Kier alpha value is -3.05. The fourth-order valence-corrected chi connectivity index (χ4v) is 3.68. The number of hydrogen-bond acceptors (Lipinski definition) is 8. The number of nitrogens with zero attached hydrogens (tertiary/aromatic N) is 5. The van der Waals surface area contributed by atoms with Crippen molar-refractivity contribution in [3.8, 4) is 23.0 Å². The first-order chi connectivity index (χ1) is 15.1. The number of methoxy groups -OCH3 is 2. The van der Waals surface area contributed by atoms with E-state index in [-0.39, 0.29) is 11.7 Å². The van der Waals surface area contributed by atoms with Gasteiger partial charge in [0, 0.05) is 20.4 Å². The molecule has 2 aromatic heterocycles. The summed E-state index contributed by atoms with van der Waals surface area (Å²) in [6.07, 6.45) is 1.82. The first-order valence-electron chi connectivity index (χ1n) is 9.72. The summed E-state index contributed by atoms with van der Waals surface area (Å²) in [6.45, 7) is 3.41. The number of rotatable bonds is 11. The van der Waals surface area contributed by atoms with Gasteiger partial charge in [0.15, 0.2) is 11.0 Å². The number of thioether (sulfide) groups is 1. The van der Waals surface area contributed by atoms with Gasteiger partial charge < -0.3 is 19.5 Å². The highest BCUT2D eigenvalue weighted by Gasteiger charge is 2.21. The lowest BCUT2D eigenvalue weighted by Crippen LogP contribution is -2.16. The maximum absolute atomic E-state index is 12.5. The van der Waals surface area contributed by atoms with Crippen LogP contribution in [-0.4, -0.2) is 63.6 Å². The second-order valence-electron chi connectivity index (χ2n) is 6.44. The molecular weight excluding hydrogens is 420 g/mol. The Balaban J connectivity index is 1.75. The Morgan fingerprint density at radius 3 is 2.77 bits per heavy atom. The number of para-hydroxylation sites is 2. The third-order valence-corrected chi connectivity index (χ3v) is 5.23. The summed E-state index contributed by atoms with van der Waals surface area (Å²) < 4.78 is 19.7. The third-order valence-electron chi connectivity index (χ3n) is 4.26. The van der Waals surface area contributed by atoms with E-state index in [1.807, 2.05) is 42.9 Å². The molecule has 0 radical (unpaired) electrons. The first kappa shape index (κ1) is 22.6. The zero-order chi connectivity index (χ0) is 22.2. The molecule has 166 valence electrons. The molecule has 11 heteroatoms. The van der Waals surface area contributed by atoms with E-state index in [0.717, 1.165) is 5.56 Å². The first-order valence-corrected chi connectivity index (χ1v) is 10.7. The molecule has 0 bridgehead atoms. The van der Waals surface area contributed by atoms with Crippen LogP contribution in [0.3, 0.4) is 0 Å². The highest BCUT2D eigenvalue weighted by atomic mass is 32.2. The average Bonchev–Trinajstić information content (AvgIpc) is 3.34. The normalized spacial score (nSPS) is 10.8. The summed E-state index contributed by atoms with van der Waals surface area (Å²) >= 11 is 1.29. The lowest BCUT2D eigenvalue weighted by atomic mass is 10.3. The van der Waals surface area contributed by atoms with E-state index in [0.29, 0.717) is 48.1 Å². The SMILES string of the molecule is CCOc1ccccc1NC(=O)CSc1nnc(-c2cn(C)nc2OC)n1CCOC. The minimum absolute atomic E-state index is 0.162. The van der Waals surface area contributed by atoms with Crippen molar-refractivity contribution in [3.05, 3.63) is 30.5 Å². The van der Waals surface area contributed by atoms with Gasteiger partial charge in [0.2, 0.25) is 11.8 Å². The van der Waals surface area contributed by atoms with Crippen molar-refractivity contribution in [1.29, 1.82) is 0 Å². The van der Waals surface area contributed by atoms with E-state index < -0.39 is 0 Å². The molecule has 10 nitrogen and oxygen atoms in total. The Morgan fingerprint density at radius 2 is 2.03 bits per heavy atom. The topological polar surface area (TPSA) is 105 Å². The Labute approximate surface area is 184 Å². The van der Waals surface area contributed by atoms with Crippen LogP contribution in [0.25, 0.3) is 11.4 Å². The summed E-state index contributed by atoms with van der Waals surface area (Å²) in [4.78, 5) is 12.5. The van der Waals surface area contributed by atoms with E-state index >= 15 is 0 Å². The van der Waals surface area contributed by atoms with Crippen molar-refractivity contribution in [2.45, 2.75) is 18.6 Å². The molecule has 0 aliphatic carbocycles. The van der Waals surface area contributed by atoms with Crippen LogP contribution in [0.4, 0.5) is 5.69 Å². The quantitative estimate of drug-likeness (QED) is 0.448. The summed E-state index contributed by atoms with van der Waals surface area (Å²) in [5, 5.41) is 16.4. The standard InChI is InChI=1S/C20H26N6O4S/c1-5-30-16-9-7-6-8-15(16)21-17(27)13-31-20-23-22-18(26(20)10-11-28-3)14-12-25(2)24-19(14)29-4/h6-9,12H,5,10-11,13H2,1-4H3,(H,21,27). The fourth-order valence-electron chi connectivity index (χ4n) is 2.92. The van der Waals surface area contributed by atoms with Crippen molar-refractivity contribution in [2.75, 3.05) is 38.5 Å². The molecule has 3 rings (SSSR count). The van der Waals surface area contributed by atoms with Gasteiger partial charge in [-0.05, 0) is 19.1 Å².